The molecule has 0 saturated carbocycles. The van der Waals surface area contributed by atoms with Crippen LogP contribution in [0, 0.1) is 0 Å². The predicted molar refractivity (Wildman–Crippen MR) is 91.9 cm³/mol. The third-order valence-corrected chi connectivity index (χ3v) is 6.51. The van der Waals surface area contributed by atoms with E-state index in [0.29, 0.717) is 24.0 Å². The number of nitrogens with one attached hydrogen (secondary N) is 1. The van der Waals surface area contributed by atoms with Crippen LogP contribution in [0.3, 0.4) is 0 Å². The van der Waals surface area contributed by atoms with Crippen molar-refractivity contribution in [3.05, 3.63) is 18.7 Å². The number of hydrogen-bond donors (Lipinski definition) is 6. The van der Waals surface area contributed by atoms with Crippen molar-refractivity contribution in [1.82, 2.24) is 19.1 Å². The second kappa shape index (κ2) is 7.25. The number of phosphoric ester groups is 1. The molecule has 0 aliphatic carbocycles. The van der Waals surface area contributed by atoms with Gasteiger partial charge in [-0.2, -0.15) is 4.31 Å². The zero-order valence-corrected chi connectivity index (χ0v) is 16.2. The third-order valence-electron chi connectivity index (χ3n) is 4.36. The zero-order chi connectivity index (χ0) is 21.0. The summed E-state index contributed by atoms with van der Waals surface area (Å²) in [6.45, 7) is -0.392. The zero-order valence-electron chi connectivity index (χ0n) is 14.4. The summed E-state index contributed by atoms with van der Waals surface area (Å²) in [6, 6.07) is 0. The van der Waals surface area contributed by atoms with E-state index in [1.54, 1.807) is 12.4 Å². The van der Waals surface area contributed by atoms with Crippen LogP contribution in [0.25, 0.3) is 11.5 Å². The van der Waals surface area contributed by atoms with Crippen LogP contribution in [0.1, 0.15) is 6.23 Å². The number of aromatic nitrogens is 4. The highest BCUT2D eigenvalue weighted by Gasteiger charge is 2.46. The van der Waals surface area contributed by atoms with Crippen LogP contribution >= 0.6 is 15.6 Å². The van der Waals surface area contributed by atoms with Crippen LogP contribution in [0.15, 0.2) is 18.7 Å². The van der Waals surface area contributed by atoms with Gasteiger partial charge < -0.3 is 39.5 Å². The molecule has 2 aromatic heterocycles. The number of imidazole rings is 2. The Morgan fingerprint density at radius 1 is 1.24 bits per heavy atom. The van der Waals surface area contributed by atoms with Gasteiger partial charge in [-0.3, -0.25) is 9.09 Å². The van der Waals surface area contributed by atoms with Gasteiger partial charge in [-0.05, 0) is 0 Å². The number of rotatable bonds is 6. The number of phosphoric acid groups is 2. The maximum atomic E-state index is 11.6. The molecule has 0 amide bonds. The Morgan fingerprint density at radius 3 is 2.72 bits per heavy atom. The van der Waals surface area contributed by atoms with E-state index < -0.39 is 46.8 Å². The molecule has 6 N–H and O–H groups in total. The van der Waals surface area contributed by atoms with E-state index in [-0.39, 0.29) is 0 Å². The Kier molecular flexibility index (Phi) is 5.16. The lowest BCUT2D eigenvalue weighted by Crippen LogP contribution is -2.33. The van der Waals surface area contributed by atoms with Crippen LogP contribution in [-0.2, 0) is 29.4 Å². The van der Waals surface area contributed by atoms with E-state index in [4.69, 9.17) is 14.5 Å². The van der Waals surface area contributed by atoms with Crippen LogP contribution in [0.4, 0.5) is 5.82 Å². The highest BCUT2D eigenvalue weighted by atomic mass is 31.3. The first-order valence-corrected chi connectivity index (χ1v) is 11.2. The normalized spacial score (nSPS) is 28.4. The molecule has 2 aromatic rings. The minimum Gasteiger partial charge on any atom is -0.387 e. The summed E-state index contributed by atoms with van der Waals surface area (Å²) in [4.78, 5) is 35.0. The van der Waals surface area contributed by atoms with E-state index in [2.05, 4.69) is 24.1 Å². The lowest BCUT2D eigenvalue weighted by Gasteiger charge is -2.23. The monoisotopic (exact) mass is 453 g/mol. The highest BCUT2D eigenvalue weighted by Crippen LogP contribution is 2.57. The minimum atomic E-state index is -5.28. The molecule has 17 heteroatoms. The first-order chi connectivity index (χ1) is 13.6. The lowest BCUT2D eigenvalue weighted by atomic mass is 10.1. The van der Waals surface area contributed by atoms with Crippen LogP contribution in [0.5, 0.6) is 0 Å². The largest absolute Gasteiger partial charge is 0.481 e. The molecule has 1 fully saturated rings. The topological polar surface area (TPSA) is 211 Å². The maximum absolute atomic E-state index is 11.6. The molecule has 0 radical (unpaired) electrons. The maximum Gasteiger partial charge on any atom is 0.481 e. The molecule has 0 aromatic carbocycles. The van der Waals surface area contributed by atoms with Crippen molar-refractivity contribution in [2.75, 3.05) is 11.9 Å². The number of aliphatic hydroxyl groups excluding tert-OH is 2. The molecule has 160 valence electrons. The van der Waals surface area contributed by atoms with Crippen LogP contribution < -0.4 is 5.32 Å². The van der Waals surface area contributed by atoms with Gasteiger partial charge in [0.05, 0.1) is 19.6 Å². The van der Waals surface area contributed by atoms with E-state index >= 15 is 0 Å². The SMILES string of the molecule is O=P(O)(O)OP(=O)(O)OC[C@@H]1O[C@H](n2cnc3c2NCn2ccnc2-3)[C@@H](O)[C@H]1O. The molecular formula is C12H17N5O10P2. The number of nitrogens with zero attached hydrogens (tertiary/aromatic N) is 4. The molecule has 0 bridgehead atoms. The third kappa shape index (κ3) is 4.02. The van der Waals surface area contributed by atoms with Gasteiger partial charge in [0, 0.05) is 12.4 Å². The first kappa shape index (κ1) is 20.6. The van der Waals surface area contributed by atoms with Gasteiger partial charge in [0.1, 0.15) is 29.8 Å². The van der Waals surface area contributed by atoms with Crippen molar-refractivity contribution in [2.24, 2.45) is 0 Å². The number of fused-ring (bicyclic) bond motifs is 3. The van der Waals surface area contributed by atoms with E-state index in [1.807, 2.05) is 4.57 Å². The first-order valence-electron chi connectivity index (χ1n) is 8.14. The molecule has 1 unspecified atom stereocenters. The highest BCUT2D eigenvalue weighted by molar-refractivity contribution is 7.60. The Bertz CT molecular complexity index is 1000. The fourth-order valence-corrected chi connectivity index (χ4v) is 4.73. The fourth-order valence-electron chi connectivity index (χ4n) is 3.13. The summed E-state index contributed by atoms with van der Waals surface area (Å²) in [5, 5.41) is 23.6. The van der Waals surface area contributed by atoms with Crippen LogP contribution in [0.2, 0.25) is 0 Å². The second-order valence-electron chi connectivity index (χ2n) is 6.29. The van der Waals surface area contributed by atoms with Gasteiger partial charge in [-0.1, -0.05) is 0 Å². The van der Waals surface area contributed by atoms with Crippen molar-refractivity contribution in [3.63, 3.8) is 0 Å². The molecule has 0 spiro atoms. The fraction of sp³-hybridized carbons (Fsp3) is 0.500. The van der Waals surface area contributed by atoms with Crippen molar-refractivity contribution >= 4 is 21.5 Å². The molecule has 29 heavy (non-hydrogen) atoms. The molecule has 4 rings (SSSR count). The van der Waals surface area contributed by atoms with Gasteiger partial charge in [-0.25, -0.2) is 19.1 Å². The molecule has 15 nitrogen and oxygen atoms in total. The quantitative estimate of drug-likeness (QED) is 0.289. The summed E-state index contributed by atoms with van der Waals surface area (Å²) in [6.07, 6.45) is -0.653. The summed E-state index contributed by atoms with van der Waals surface area (Å²) in [7, 11) is -10.4. The van der Waals surface area contributed by atoms with E-state index in [9.17, 15) is 24.2 Å². The number of anilines is 1. The van der Waals surface area contributed by atoms with Crippen molar-refractivity contribution in [3.8, 4) is 11.5 Å². The molecule has 2 aliphatic rings. The summed E-state index contributed by atoms with van der Waals surface area (Å²) >= 11 is 0. The lowest BCUT2D eigenvalue weighted by molar-refractivity contribution is -0.0511. The average molecular weight is 453 g/mol. The van der Waals surface area contributed by atoms with Gasteiger partial charge in [-0.15, -0.1) is 0 Å². The number of aliphatic hydroxyl groups is 2. The molecule has 2 aliphatic heterocycles. The van der Waals surface area contributed by atoms with Gasteiger partial charge >= 0.3 is 15.6 Å². The van der Waals surface area contributed by atoms with E-state index in [1.165, 1.54) is 10.9 Å². The summed E-state index contributed by atoms with van der Waals surface area (Å²) in [5.74, 6) is 1.08. The standard InChI is InChI=1S/C12H17N5O10P2/c18-8-6(3-25-29(23,24)27-28(20,21)22)26-12(9(8)19)17-5-14-7-10-13-1-2-16(10)4-15-11(7)17/h1-2,5-6,8-9,12,15,18-19H,3-4H2,(H,23,24)(H2,20,21,22)/t6-,8-,9-,12-/m0/s1. The van der Waals surface area contributed by atoms with Crippen LogP contribution in [-0.4, -0.2) is 68.9 Å². The predicted octanol–water partition coefficient (Wildman–Crippen LogP) is -1.02. The Labute approximate surface area is 162 Å². The Morgan fingerprint density at radius 2 is 2.00 bits per heavy atom. The second-order valence-corrected chi connectivity index (χ2v) is 9.12. The Hall–Kier alpha value is -1.64. The summed E-state index contributed by atoms with van der Waals surface area (Å²) in [5.41, 5.74) is 0.501. The molecular weight excluding hydrogens is 436 g/mol. The van der Waals surface area contributed by atoms with E-state index in [0.717, 1.165) is 0 Å². The number of ether oxygens (including phenoxy) is 1. The molecule has 4 heterocycles. The van der Waals surface area contributed by atoms with Crippen molar-refractivity contribution in [2.45, 2.75) is 31.2 Å². The Balaban J connectivity index is 1.49. The number of hydrogen-bond acceptors (Lipinski definition) is 10. The summed E-state index contributed by atoms with van der Waals surface area (Å²) < 4.78 is 39.2. The van der Waals surface area contributed by atoms with Gasteiger partial charge in [0.2, 0.25) is 0 Å². The average Bonchev–Trinajstić information content (AvgIpc) is 3.29. The molecule has 1 saturated heterocycles. The minimum absolute atomic E-state index is 0.388. The van der Waals surface area contributed by atoms with Gasteiger partial charge in [0.15, 0.2) is 12.1 Å². The van der Waals surface area contributed by atoms with Crippen molar-refractivity contribution in [1.29, 1.82) is 0 Å². The van der Waals surface area contributed by atoms with Crippen molar-refractivity contribution < 1.29 is 47.6 Å². The van der Waals surface area contributed by atoms with Gasteiger partial charge in [0.25, 0.3) is 0 Å². The smallest absolute Gasteiger partial charge is 0.387 e. The molecule has 5 atom stereocenters.